The summed E-state index contributed by atoms with van der Waals surface area (Å²) in [4.78, 5) is 0. The molecule has 1 aromatic rings. The second-order valence-corrected chi connectivity index (χ2v) is 3.02. The van der Waals surface area contributed by atoms with Gasteiger partial charge in [-0.1, -0.05) is 0 Å². The van der Waals surface area contributed by atoms with Crippen molar-refractivity contribution in [2.75, 3.05) is 0 Å². The van der Waals surface area contributed by atoms with Gasteiger partial charge in [0.15, 0.2) is 0 Å². The first-order valence-electron chi connectivity index (χ1n) is 3.96. The molecule has 1 atom stereocenters. The maximum absolute atomic E-state index is 5.71. The molecule has 0 aromatic carbocycles. The van der Waals surface area contributed by atoms with Gasteiger partial charge in [-0.25, -0.2) is 0 Å². The number of aromatic nitrogens is 3. The minimum Gasteiger partial charge on any atom is -0.322 e. The molecule has 0 amide bonds. The second-order valence-electron chi connectivity index (χ2n) is 3.02. The van der Waals surface area contributed by atoms with Gasteiger partial charge < -0.3 is 10.3 Å². The number of hydrogen-bond acceptors (Lipinski definition) is 3. The summed E-state index contributed by atoms with van der Waals surface area (Å²) in [5.41, 5.74) is 5.71. The van der Waals surface area contributed by atoms with Gasteiger partial charge in [0, 0.05) is 13.0 Å². The van der Waals surface area contributed by atoms with Crippen molar-refractivity contribution in [1.82, 2.24) is 14.8 Å². The summed E-state index contributed by atoms with van der Waals surface area (Å²) in [6.07, 6.45) is 2.24. The molecule has 0 saturated heterocycles. The summed E-state index contributed by atoms with van der Waals surface area (Å²) in [7, 11) is 0. The quantitative estimate of drug-likeness (QED) is 0.627. The van der Waals surface area contributed by atoms with Gasteiger partial charge in [0.05, 0.1) is 6.04 Å². The summed E-state index contributed by atoms with van der Waals surface area (Å²) >= 11 is 0. The fourth-order valence-electron chi connectivity index (χ4n) is 1.51. The van der Waals surface area contributed by atoms with E-state index in [1.165, 1.54) is 6.42 Å². The molecule has 0 spiro atoms. The zero-order valence-corrected chi connectivity index (χ0v) is 6.62. The minimum atomic E-state index is 0.00866. The lowest BCUT2D eigenvalue weighted by Crippen LogP contribution is -2.12. The second kappa shape index (κ2) is 2.30. The number of nitrogens with zero attached hydrogens (tertiary/aromatic N) is 3. The highest BCUT2D eigenvalue weighted by molar-refractivity contribution is 5.03. The molecule has 2 heterocycles. The molecule has 0 fully saturated rings. The highest BCUT2D eigenvalue weighted by Gasteiger charge is 2.18. The first-order chi connectivity index (χ1) is 5.29. The molecule has 0 radical (unpaired) electrons. The Labute approximate surface area is 65.4 Å². The molecular weight excluding hydrogens is 140 g/mol. The molecule has 1 aromatic heterocycles. The van der Waals surface area contributed by atoms with Crippen LogP contribution in [0.1, 0.15) is 31.0 Å². The Morgan fingerprint density at radius 2 is 2.36 bits per heavy atom. The fourth-order valence-corrected chi connectivity index (χ4v) is 1.51. The summed E-state index contributed by atoms with van der Waals surface area (Å²) < 4.78 is 2.13. The van der Waals surface area contributed by atoms with Crippen molar-refractivity contribution in [2.24, 2.45) is 5.73 Å². The van der Waals surface area contributed by atoms with Crippen LogP contribution >= 0.6 is 0 Å². The molecule has 1 aliphatic rings. The number of rotatable bonds is 1. The topological polar surface area (TPSA) is 56.7 Å². The van der Waals surface area contributed by atoms with Crippen LogP contribution in [0.5, 0.6) is 0 Å². The smallest absolute Gasteiger partial charge is 0.149 e. The first-order valence-corrected chi connectivity index (χ1v) is 3.96. The molecule has 11 heavy (non-hydrogen) atoms. The Kier molecular flexibility index (Phi) is 1.42. The van der Waals surface area contributed by atoms with Gasteiger partial charge in [0.25, 0.3) is 0 Å². The van der Waals surface area contributed by atoms with Gasteiger partial charge in [0.2, 0.25) is 0 Å². The molecule has 4 heteroatoms. The number of aryl methyl sites for hydroxylation is 1. The minimum absolute atomic E-state index is 0.00866. The van der Waals surface area contributed by atoms with Crippen LogP contribution in [0, 0.1) is 0 Å². The molecule has 60 valence electrons. The predicted molar refractivity (Wildman–Crippen MR) is 40.9 cm³/mol. The summed E-state index contributed by atoms with van der Waals surface area (Å²) in [5, 5.41) is 8.08. The average molecular weight is 152 g/mol. The highest BCUT2D eigenvalue weighted by atomic mass is 15.3. The summed E-state index contributed by atoms with van der Waals surface area (Å²) in [6, 6.07) is 0.00866. The standard InChI is InChI=1S/C7H12N4/c1-5(8)7-10-9-6-3-2-4-11(6)7/h5H,2-4,8H2,1H3. The van der Waals surface area contributed by atoms with E-state index in [-0.39, 0.29) is 6.04 Å². The first kappa shape index (κ1) is 6.79. The Balaban J connectivity index is 2.42. The van der Waals surface area contributed by atoms with Gasteiger partial charge >= 0.3 is 0 Å². The van der Waals surface area contributed by atoms with E-state index >= 15 is 0 Å². The molecule has 1 aliphatic heterocycles. The molecular formula is C7H12N4. The third-order valence-corrected chi connectivity index (χ3v) is 2.05. The lowest BCUT2D eigenvalue weighted by Gasteiger charge is -2.04. The Morgan fingerprint density at radius 3 is 3.09 bits per heavy atom. The highest BCUT2D eigenvalue weighted by Crippen LogP contribution is 2.16. The molecule has 0 saturated carbocycles. The largest absolute Gasteiger partial charge is 0.322 e. The molecule has 0 bridgehead atoms. The van der Waals surface area contributed by atoms with E-state index in [2.05, 4.69) is 14.8 Å². The molecule has 2 rings (SSSR count). The zero-order chi connectivity index (χ0) is 7.84. The fraction of sp³-hybridized carbons (Fsp3) is 0.714. The lowest BCUT2D eigenvalue weighted by molar-refractivity contribution is 0.632. The summed E-state index contributed by atoms with van der Waals surface area (Å²) in [5.74, 6) is 2.02. The van der Waals surface area contributed by atoms with Crippen molar-refractivity contribution < 1.29 is 0 Å². The number of nitrogens with two attached hydrogens (primary N) is 1. The van der Waals surface area contributed by atoms with Gasteiger partial charge in [-0.2, -0.15) is 0 Å². The number of hydrogen-bond donors (Lipinski definition) is 1. The maximum atomic E-state index is 5.71. The maximum Gasteiger partial charge on any atom is 0.149 e. The third kappa shape index (κ3) is 0.939. The van der Waals surface area contributed by atoms with E-state index in [0.717, 1.165) is 24.6 Å². The van der Waals surface area contributed by atoms with E-state index in [1.54, 1.807) is 0 Å². The third-order valence-electron chi connectivity index (χ3n) is 2.05. The van der Waals surface area contributed by atoms with Crippen molar-refractivity contribution in [3.05, 3.63) is 11.6 Å². The van der Waals surface area contributed by atoms with E-state index < -0.39 is 0 Å². The van der Waals surface area contributed by atoms with E-state index in [0.29, 0.717) is 0 Å². The number of fused-ring (bicyclic) bond motifs is 1. The molecule has 0 aliphatic carbocycles. The zero-order valence-electron chi connectivity index (χ0n) is 6.62. The van der Waals surface area contributed by atoms with Crippen LogP contribution in [-0.2, 0) is 13.0 Å². The van der Waals surface area contributed by atoms with E-state index in [9.17, 15) is 0 Å². The average Bonchev–Trinajstić information content (AvgIpc) is 2.41. The normalized spacial score (nSPS) is 18.4. The lowest BCUT2D eigenvalue weighted by atomic mass is 10.3. The van der Waals surface area contributed by atoms with Crippen LogP contribution in [0.4, 0.5) is 0 Å². The van der Waals surface area contributed by atoms with Crippen LogP contribution in [0.2, 0.25) is 0 Å². The SMILES string of the molecule is CC(N)c1nnc2n1CCC2. The van der Waals surface area contributed by atoms with Gasteiger partial charge in [0.1, 0.15) is 11.6 Å². The van der Waals surface area contributed by atoms with Crippen LogP contribution in [0.3, 0.4) is 0 Å². The monoisotopic (exact) mass is 152 g/mol. The van der Waals surface area contributed by atoms with Crippen LogP contribution < -0.4 is 5.73 Å². The van der Waals surface area contributed by atoms with Crippen molar-refractivity contribution >= 4 is 0 Å². The van der Waals surface area contributed by atoms with Crippen molar-refractivity contribution in [3.8, 4) is 0 Å². The van der Waals surface area contributed by atoms with E-state index in [1.807, 2.05) is 6.92 Å². The molecule has 2 N–H and O–H groups in total. The van der Waals surface area contributed by atoms with Crippen molar-refractivity contribution in [2.45, 2.75) is 32.4 Å². The van der Waals surface area contributed by atoms with E-state index in [4.69, 9.17) is 5.73 Å². The predicted octanol–water partition coefficient (Wildman–Crippen LogP) is 0.244. The van der Waals surface area contributed by atoms with Crippen LogP contribution in [0.25, 0.3) is 0 Å². The van der Waals surface area contributed by atoms with Crippen LogP contribution in [-0.4, -0.2) is 14.8 Å². The van der Waals surface area contributed by atoms with Gasteiger partial charge in [-0.3, -0.25) is 0 Å². The Morgan fingerprint density at radius 1 is 1.55 bits per heavy atom. The Bertz CT molecular complexity index is 263. The molecule has 1 unspecified atom stereocenters. The van der Waals surface area contributed by atoms with Crippen molar-refractivity contribution in [1.29, 1.82) is 0 Å². The summed E-state index contributed by atoms with van der Waals surface area (Å²) in [6.45, 7) is 2.98. The van der Waals surface area contributed by atoms with Gasteiger partial charge in [-0.05, 0) is 13.3 Å². The van der Waals surface area contributed by atoms with Gasteiger partial charge in [-0.15, -0.1) is 10.2 Å². The molecule has 4 nitrogen and oxygen atoms in total. The van der Waals surface area contributed by atoms with Crippen LogP contribution in [0.15, 0.2) is 0 Å². The van der Waals surface area contributed by atoms with Crippen molar-refractivity contribution in [3.63, 3.8) is 0 Å². The Hall–Kier alpha value is -0.900.